The Labute approximate surface area is 123 Å². The van der Waals surface area contributed by atoms with E-state index in [0.29, 0.717) is 0 Å². The molecule has 114 valence electrons. The molecule has 1 heterocycles. The van der Waals surface area contributed by atoms with Crippen LogP contribution in [0.5, 0.6) is 0 Å². The van der Waals surface area contributed by atoms with Crippen molar-refractivity contribution < 1.29 is 13.7 Å². The summed E-state index contributed by atoms with van der Waals surface area (Å²) >= 11 is 0. The first-order valence-corrected chi connectivity index (χ1v) is 6.81. The number of nitrogens with zero attached hydrogens (tertiary/aromatic N) is 2. The normalized spacial score (nSPS) is 14.4. The molecule has 2 rings (SSSR count). The lowest BCUT2D eigenvalue weighted by Gasteiger charge is -2.21. The Hall–Kier alpha value is -1.79. The minimum absolute atomic E-state index is 0.0498. The van der Waals surface area contributed by atoms with Crippen molar-refractivity contribution in [2.75, 3.05) is 6.61 Å². The highest BCUT2D eigenvalue weighted by molar-refractivity contribution is 5.54. The van der Waals surface area contributed by atoms with E-state index in [9.17, 15) is 4.39 Å². The molecule has 0 saturated heterocycles. The number of nitrogens with two attached hydrogens (primary N) is 1. The largest absolute Gasteiger partial charge is 0.376 e. The van der Waals surface area contributed by atoms with Gasteiger partial charge in [-0.15, -0.1) is 0 Å². The van der Waals surface area contributed by atoms with Gasteiger partial charge in [0.15, 0.2) is 5.82 Å². The summed E-state index contributed by atoms with van der Waals surface area (Å²) in [6.07, 6.45) is 0.0498. The van der Waals surface area contributed by atoms with Crippen molar-refractivity contribution in [2.24, 2.45) is 5.73 Å². The molecule has 0 spiro atoms. The SMILES string of the molecule is Cc1ccc(-c2nc(C(C)(N)COC(C)C)no2)c(F)c1. The van der Waals surface area contributed by atoms with E-state index < -0.39 is 11.4 Å². The monoisotopic (exact) mass is 293 g/mol. The van der Waals surface area contributed by atoms with Gasteiger partial charge in [-0.1, -0.05) is 11.2 Å². The van der Waals surface area contributed by atoms with Crippen molar-refractivity contribution in [1.29, 1.82) is 0 Å². The maximum absolute atomic E-state index is 13.9. The van der Waals surface area contributed by atoms with Gasteiger partial charge in [0.25, 0.3) is 5.89 Å². The molecule has 6 heteroatoms. The van der Waals surface area contributed by atoms with Crippen LogP contribution in [0.1, 0.15) is 32.2 Å². The Balaban J connectivity index is 2.25. The van der Waals surface area contributed by atoms with Crippen LogP contribution in [0.25, 0.3) is 11.5 Å². The van der Waals surface area contributed by atoms with Gasteiger partial charge >= 0.3 is 0 Å². The maximum Gasteiger partial charge on any atom is 0.260 e. The lowest BCUT2D eigenvalue weighted by molar-refractivity contribution is 0.0410. The molecule has 2 aromatic rings. The zero-order valence-corrected chi connectivity index (χ0v) is 12.7. The molecule has 0 aliphatic heterocycles. The van der Waals surface area contributed by atoms with Gasteiger partial charge in [-0.3, -0.25) is 0 Å². The van der Waals surface area contributed by atoms with E-state index in [1.54, 1.807) is 19.1 Å². The molecule has 2 N–H and O–H groups in total. The van der Waals surface area contributed by atoms with Gasteiger partial charge in [0.1, 0.15) is 11.4 Å². The maximum atomic E-state index is 13.9. The molecule has 0 amide bonds. The Morgan fingerprint density at radius 3 is 2.76 bits per heavy atom. The van der Waals surface area contributed by atoms with Crippen LogP contribution in [0, 0.1) is 12.7 Å². The van der Waals surface area contributed by atoms with Crippen LogP contribution >= 0.6 is 0 Å². The van der Waals surface area contributed by atoms with Gasteiger partial charge in [0.2, 0.25) is 0 Å². The second-order valence-corrected chi connectivity index (χ2v) is 5.68. The Morgan fingerprint density at radius 2 is 2.14 bits per heavy atom. The summed E-state index contributed by atoms with van der Waals surface area (Å²) in [4.78, 5) is 4.20. The number of rotatable bonds is 5. The Morgan fingerprint density at radius 1 is 1.43 bits per heavy atom. The zero-order valence-electron chi connectivity index (χ0n) is 12.7. The topological polar surface area (TPSA) is 74.2 Å². The average molecular weight is 293 g/mol. The molecule has 21 heavy (non-hydrogen) atoms. The van der Waals surface area contributed by atoms with E-state index in [2.05, 4.69) is 10.1 Å². The van der Waals surface area contributed by atoms with Crippen LogP contribution in [0.3, 0.4) is 0 Å². The van der Waals surface area contributed by atoms with Crippen LogP contribution in [0.2, 0.25) is 0 Å². The summed E-state index contributed by atoms with van der Waals surface area (Å²) < 4.78 is 24.5. The van der Waals surface area contributed by atoms with Crippen molar-refractivity contribution in [3.8, 4) is 11.5 Å². The lowest BCUT2D eigenvalue weighted by atomic mass is 10.1. The predicted molar refractivity (Wildman–Crippen MR) is 77.1 cm³/mol. The molecular weight excluding hydrogens is 273 g/mol. The summed E-state index contributed by atoms with van der Waals surface area (Å²) in [6, 6.07) is 4.81. The third kappa shape index (κ3) is 3.65. The van der Waals surface area contributed by atoms with Crippen LogP contribution in [0.4, 0.5) is 4.39 Å². The standard InChI is InChI=1S/C15H20FN3O2/c1-9(2)20-8-15(4,17)14-18-13(21-19-14)11-6-5-10(3)7-12(11)16/h5-7,9H,8,17H2,1-4H3. The van der Waals surface area contributed by atoms with E-state index in [1.807, 2.05) is 20.8 Å². The minimum Gasteiger partial charge on any atom is -0.376 e. The Bertz CT molecular complexity index is 623. The molecule has 0 fully saturated rings. The minimum atomic E-state index is -0.896. The highest BCUT2D eigenvalue weighted by Crippen LogP contribution is 2.24. The third-order valence-corrected chi connectivity index (χ3v) is 3.01. The smallest absolute Gasteiger partial charge is 0.260 e. The summed E-state index contributed by atoms with van der Waals surface area (Å²) in [6.45, 7) is 7.64. The van der Waals surface area contributed by atoms with E-state index >= 15 is 0 Å². The van der Waals surface area contributed by atoms with Crippen LogP contribution in [0.15, 0.2) is 22.7 Å². The zero-order chi connectivity index (χ0) is 15.6. The molecule has 1 unspecified atom stereocenters. The molecule has 1 atom stereocenters. The van der Waals surface area contributed by atoms with Gasteiger partial charge in [-0.25, -0.2) is 4.39 Å². The summed E-state index contributed by atoms with van der Waals surface area (Å²) in [7, 11) is 0. The number of hydrogen-bond donors (Lipinski definition) is 1. The fourth-order valence-corrected chi connectivity index (χ4v) is 1.76. The molecule has 1 aromatic heterocycles. The number of benzene rings is 1. The van der Waals surface area contributed by atoms with Crippen molar-refractivity contribution in [3.63, 3.8) is 0 Å². The first-order chi connectivity index (χ1) is 9.79. The summed E-state index contributed by atoms with van der Waals surface area (Å²) in [5, 5.41) is 3.85. The molecule has 0 aliphatic carbocycles. The van der Waals surface area contributed by atoms with E-state index in [0.717, 1.165) is 5.56 Å². The molecule has 0 aliphatic rings. The van der Waals surface area contributed by atoms with E-state index in [4.69, 9.17) is 15.0 Å². The molecular formula is C15H20FN3O2. The van der Waals surface area contributed by atoms with Crippen molar-refractivity contribution in [2.45, 2.75) is 39.3 Å². The first-order valence-electron chi connectivity index (χ1n) is 6.81. The van der Waals surface area contributed by atoms with Gasteiger partial charge in [0.05, 0.1) is 18.3 Å². The van der Waals surface area contributed by atoms with Gasteiger partial charge in [0, 0.05) is 0 Å². The fourth-order valence-electron chi connectivity index (χ4n) is 1.76. The Kier molecular flexibility index (Phi) is 4.39. The number of halogens is 1. The highest BCUT2D eigenvalue weighted by atomic mass is 19.1. The summed E-state index contributed by atoms with van der Waals surface area (Å²) in [5.41, 5.74) is 6.33. The third-order valence-electron chi connectivity index (χ3n) is 3.01. The quantitative estimate of drug-likeness (QED) is 0.917. The first kappa shape index (κ1) is 15.6. The number of aromatic nitrogens is 2. The van der Waals surface area contributed by atoms with Gasteiger partial charge in [-0.2, -0.15) is 4.98 Å². The van der Waals surface area contributed by atoms with Crippen LogP contribution in [-0.4, -0.2) is 22.9 Å². The summed E-state index contributed by atoms with van der Waals surface area (Å²) in [5.74, 6) is 0.00389. The van der Waals surface area contributed by atoms with Crippen molar-refractivity contribution in [1.82, 2.24) is 10.1 Å². The number of hydrogen-bond acceptors (Lipinski definition) is 5. The predicted octanol–water partition coefficient (Wildman–Crippen LogP) is 2.78. The second-order valence-electron chi connectivity index (χ2n) is 5.68. The van der Waals surface area contributed by atoms with Gasteiger partial charge in [-0.05, 0) is 45.4 Å². The molecule has 0 radical (unpaired) electrons. The number of ether oxygens (including phenoxy) is 1. The van der Waals surface area contributed by atoms with E-state index in [-0.39, 0.29) is 30.0 Å². The van der Waals surface area contributed by atoms with E-state index in [1.165, 1.54) is 6.07 Å². The number of aryl methyl sites for hydroxylation is 1. The van der Waals surface area contributed by atoms with Crippen molar-refractivity contribution in [3.05, 3.63) is 35.4 Å². The van der Waals surface area contributed by atoms with Crippen LogP contribution in [-0.2, 0) is 10.3 Å². The average Bonchev–Trinajstić information content (AvgIpc) is 2.86. The van der Waals surface area contributed by atoms with Gasteiger partial charge < -0.3 is 15.0 Å². The molecule has 5 nitrogen and oxygen atoms in total. The lowest BCUT2D eigenvalue weighted by Crippen LogP contribution is -2.40. The van der Waals surface area contributed by atoms with Crippen molar-refractivity contribution >= 4 is 0 Å². The van der Waals surface area contributed by atoms with Crippen LogP contribution < -0.4 is 5.73 Å². The molecule has 1 aromatic carbocycles. The fraction of sp³-hybridized carbons (Fsp3) is 0.467. The molecule has 0 bridgehead atoms. The second kappa shape index (κ2) is 5.91. The highest BCUT2D eigenvalue weighted by Gasteiger charge is 2.29. The molecule has 0 saturated carbocycles.